The van der Waals surface area contributed by atoms with Gasteiger partial charge in [-0.05, 0) is 24.6 Å². The van der Waals surface area contributed by atoms with Crippen LogP contribution >= 0.6 is 0 Å². The topological polar surface area (TPSA) is 142 Å². The van der Waals surface area contributed by atoms with Gasteiger partial charge in [0.25, 0.3) is 0 Å². The summed E-state index contributed by atoms with van der Waals surface area (Å²) in [4.78, 5) is 21.5. The van der Waals surface area contributed by atoms with Crippen LogP contribution in [-0.2, 0) is 19.6 Å². The van der Waals surface area contributed by atoms with Crippen molar-refractivity contribution in [2.24, 2.45) is 5.73 Å². The maximum absolute atomic E-state index is 12.4. The lowest BCUT2D eigenvalue weighted by molar-refractivity contribution is -0.137. The minimum Gasteiger partial charge on any atom is -0.480 e. The zero-order valence-electron chi connectivity index (χ0n) is 11.1. The predicted octanol–water partition coefficient (Wildman–Crippen LogP) is -0.573. The molecule has 1 amide bonds. The summed E-state index contributed by atoms with van der Waals surface area (Å²) in [6, 6.07) is 5.78. The Morgan fingerprint density at radius 2 is 2.00 bits per heavy atom. The van der Waals surface area contributed by atoms with Crippen LogP contribution in [0.3, 0.4) is 0 Å². The number of nitriles is 1. The van der Waals surface area contributed by atoms with E-state index in [0.717, 1.165) is 6.07 Å². The number of nitrogens with two attached hydrogens (primary N) is 1. The molecule has 0 fully saturated rings. The number of primary amides is 1. The number of sulfonamides is 1. The fraction of sp³-hybridized carbons (Fsp3) is 0.250. The van der Waals surface area contributed by atoms with Gasteiger partial charge in [0.05, 0.1) is 23.1 Å². The van der Waals surface area contributed by atoms with Gasteiger partial charge < -0.3 is 10.8 Å². The Kier molecular flexibility index (Phi) is 5.02. The standard InChI is InChI=1S/C12H13N3O5S/c1-8-2-3-9(5-13)4-10(8)21(19,20)15(6-11(14)16)7-12(17)18/h2-4H,6-7H2,1H3,(H2,14,16)(H,17,18). The van der Waals surface area contributed by atoms with E-state index >= 15 is 0 Å². The molecule has 0 saturated carbocycles. The molecule has 0 aliphatic rings. The normalized spacial score (nSPS) is 11.1. The van der Waals surface area contributed by atoms with Gasteiger partial charge in [-0.1, -0.05) is 6.07 Å². The summed E-state index contributed by atoms with van der Waals surface area (Å²) in [7, 11) is -4.25. The lowest BCUT2D eigenvalue weighted by Crippen LogP contribution is -2.41. The van der Waals surface area contributed by atoms with Crippen molar-refractivity contribution in [1.29, 1.82) is 5.26 Å². The van der Waals surface area contributed by atoms with E-state index in [1.165, 1.54) is 19.1 Å². The largest absolute Gasteiger partial charge is 0.480 e. The zero-order valence-corrected chi connectivity index (χ0v) is 11.9. The number of aryl methyl sites for hydroxylation is 1. The monoisotopic (exact) mass is 311 g/mol. The zero-order chi connectivity index (χ0) is 16.2. The highest BCUT2D eigenvalue weighted by Gasteiger charge is 2.29. The van der Waals surface area contributed by atoms with Gasteiger partial charge in [0.1, 0.15) is 6.54 Å². The molecule has 0 radical (unpaired) electrons. The SMILES string of the molecule is Cc1ccc(C#N)cc1S(=O)(=O)N(CC(N)=O)CC(=O)O. The third-order valence-corrected chi connectivity index (χ3v) is 4.51. The predicted molar refractivity (Wildman–Crippen MR) is 71.5 cm³/mol. The molecule has 0 bridgehead atoms. The van der Waals surface area contributed by atoms with Crippen molar-refractivity contribution in [3.05, 3.63) is 29.3 Å². The molecule has 9 heteroatoms. The Balaban J connectivity index is 3.38. The van der Waals surface area contributed by atoms with Gasteiger partial charge in [-0.2, -0.15) is 9.57 Å². The van der Waals surface area contributed by atoms with E-state index in [9.17, 15) is 18.0 Å². The average Bonchev–Trinajstić information content (AvgIpc) is 2.37. The molecule has 0 aliphatic heterocycles. The van der Waals surface area contributed by atoms with Crippen LogP contribution in [0.4, 0.5) is 0 Å². The molecule has 1 aromatic carbocycles. The van der Waals surface area contributed by atoms with Crippen LogP contribution in [0.1, 0.15) is 11.1 Å². The van der Waals surface area contributed by atoms with Crippen LogP contribution in [0.25, 0.3) is 0 Å². The van der Waals surface area contributed by atoms with E-state index < -0.39 is 35.0 Å². The lowest BCUT2D eigenvalue weighted by atomic mass is 10.2. The fourth-order valence-electron chi connectivity index (χ4n) is 1.64. The van der Waals surface area contributed by atoms with Crippen molar-refractivity contribution in [3.63, 3.8) is 0 Å². The molecule has 21 heavy (non-hydrogen) atoms. The lowest BCUT2D eigenvalue weighted by Gasteiger charge is -2.20. The van der Waals surface area contributed by atoms with Gasteiger partial charge >= 0.3 is 5.97 Å². The van der Waals surface area contributed by atoms with Crippen molar-refractivity contribution in [1.82, 2.24) is 4.31 Å². The van der Waals surface area contributed by atoms with Gasteiger partial charge in [-0.3, -0.25) is 9.59 Å². The number of carbonyl (C=O) groups excluding carboxylic acids is 1. The number of hydrogen-bond acceptors (Lipinski definition) is 5. The maximum atomic E-state index is 12.4. The van der Waals surface area contributed by atoms with Crippen molar-refractivity contribution < 1.29 is 23.1 Å². The number of rotatable bonds is 6. The molecule has 0 atom stereocenters. The molecule has 0 aliphatic carbocycles. The summed E-state index contributed by atoms with van der Waals surface area (Å²) in [6.45, 7) is -0.163. The van der Waals surface area contributed by atoms with Crippen LogP contribution in [0.2, 0.25) is 0 Å². The van der Waals surface area contributed by atoms with Crippen molar-refractivity contribution in [3.8, 4) is 6.07 Å². The third kappa shape index (κ3) is 4.01. The molecule has 8 nitrogen and oxygen atoms in total. The summed E-state index contributed by atoms with van der Waals surface area (Å²) in [6.07, 6.45) is 0. The Labute approximate surface area is 121 Å². The van der Waals surface area contributed by atoms with Crippen LogP contribution in [0.5, 0.6) is 0 Å². The molecule has 0 spiro atoms. The van der Waals surface area contributed by atoms with Gasteiger partial charge in [0, 0.05) is 0 Å². The molecule has 1 rings (SSSR count). The number of hydrogen-bond donors (Lipinski definition) is 2. The fourth-order valence-corrected chi connectivity index (χ4v) is 3.24. The van der Waals surface area contributed by atoms with E-state index in [-0.39, 0.29) is 10.5 Å². The molecule has 0 heterocycles. The van der Waals surface area contributed by atoms with Gasteiger partial charge in [-0.25, -0.2) is 8.42 Å². The summed E-state index contributed by atoms with van der Waals surface area (Å²) >= 11 is 0. The van der Waals surface area contributed by atoms with E-state index in [1.54, 1.807) is 6.07 Å². The van der Waals surface area contributed by atoms with Gasteiger partial charge in [0.2, 0.25) is 15.9 Å². The Morgan fingerprint density at radius 3 is 2.48 bits per heavy atom. The summed E-state index contributed by atoms with van der Waals surface area (Å²) in [5.41, 5.74) is 5.38. The number of benzene rings is 1. The maximum Gasteiger partial charge on any atom is 0.318 e. The molecular weight excluding hydrogens is 298 g/mol. The highest BCUT2D eigenvalue weighted by Crippen LogP contribution is 2.21. The Hall–Kier alpha value is -2.44. The van der Waals surface area contributed by atoms with Crippen molar-refractivity contribution >= 4 is 21.9 Å². The number of amides is 1. The van der Waals surface area contributed by atoms with Crippen molar-refractivity contribution in [2.45, 2.75) is 11.8 Å². The summed E-state index contributed by atoms with van der Waals surface area (Å²) in [5, 5.41) is 17.6. The third-order valence-electron chi connectivity index (χ3n) is 2.58. The second-order valence-electron chi connectivity index (χ2n) is 4.23. The van der Waals surface area contributed by atoms with E-state index in [4.69, 9.17) is 16.1 Å². The highest BCUT2D eigenvalue weighted by atomic mass is 32.2. The second kappa shape index (κ2) is 6.34. The Morgan fingerprint density at radius 1 is 1.38 bits per heavy atom. The van der Waals surface area contributed by atoms with E-state index in [2.05, 4.69) is 0 Å². The number of carboxylic acid groups (broad SMARTS) is 1. The molecule has 1 aromatic rings. The minimum atomic E-state index is -4.25. The average molecular weight is 311 g/mol. The summed E-state index contributed by atoms with van der Waals surface area (Å²) in [5.74, 6) is -2.40. The molecule has 0 saturated heterocycles. The quantitative estimate of drug-likeness (QED) is 0.720. The van der Waals surface area contributed by atoms with Gasteiger partial charge in [-0.15, -0.1) is 0 Å². The van der Waals surface area contributed by atoms with Crippen molar-refractivity contribution in [2.75, 3.05) is 13.1 Å². The first-order valence-corrected chi connectivity index (χ1v) is 7.13. The molecule has 0 aromatic heterocycles. The Bertz CT molecular complexity index is 705. The molecular formula is C12H13N3O5S. The number of carboxylic acids is 1. The molecule has 0 unspecified atom stereocenters. The smallest absolute Gasteiger partial charge is 0.318 e. The minimum absolute atomic E-state index is 0.105. The summed E-state index contributed by atoms with van der Waals surface area (Å²) < 4.78 is 25.3. The van der Waals surface area contributed by atoms with E-state index in [1.807, 2.05) is 0 Å². The van der Waals surface area contributed by atoms with Gasteiger partial charge in [0.15, 0.2) is 0 Å². The first-order chi connectivity index (χ1) is 9.68. The van der Waals surface area contributed by atoms with Crippen LogP contribution in [0.15, 0.2) is 23.1 Å². The van der Waals surface area contributed by atoms with Crippen LogP contribution in [-0.4, -0.2) is 42.8 Å². The molecule has 3 N–H and O–H groups in total. The van der Waals surface area contributed by atoms with Crippen LogP contribution in [0, 0.1) is 18.3 Å². The first kappa shape index (κ1) is 16.6. The molecule has 112 valence electrons. The number of nitrogens with zero attached hydrogens (tertiary/aromatic N) is 2. The number of carbonyl (C=O) groups is 2. The second-order valence-corrected chi connectivity index (χ2v) is 6.13. The van der Waals surface area contributed by atoms with Crippen LogP contribution < -0.4 is 5.73 Å². The number of aliphatic carboxylic acids is 1. The first-order valence-electron chi connectivity index (χ1n) is 5.69. The van der Waals surface area contributed by atoms with E-state index in [0.29, 0.717) is 9.87 Å². The highest BCUT2D eigenvalue weighted by molar-refractivity contribution is 7.89.